The number of rotatable bonds is 6. The molecule has 0 aliphatic carbocycles. The summed E-state index contributed by atoms with van der Waals surface area (Å²) in [6.45, 7) is 5.39. The lowest BCUT2D eigenvalue weighted by atomic mass is 10.1. The first-order chi connectivity index (χ1) is 12.0. The van der Waals surface area contributed by atoms with Crippen LogP contribution in [0.2, 0.25) is 5.02 Å². The van der Waals surface area contributed by atoms with Gasteiger partial charge in [-0.05, 0) is 49.7 Å². The van der Waals surface area contributed by atoms with Gasteiger partial charge >= 0.3 is 0 Å². The highest BCUT2D eigenvalue weighted by atomic mass is 35.5. The number of amides is 2. The van der Waals surface area contributed by atoms with E-state index in [1.54, 1.807) is 29.2 Å². The topological polar surface area (TPSA) is 49.4 Å². The van der Waals surface area contributed by atoms with Crippen LogP contribution < -0.4 is 5.32 Å². The van der Waals surface area contributed by atoms with E-state index in [0.29, 0.717) is 23.7 Å². The molecule has 0 fully saturated rings. The molecule has 0 heterocycles. The summed E-state index contributed by atoms with van der Waals surface area (Å²) in [5, 5.41) is 2.94. The lowest BCUT2D eigenvalue weighted by Gasteiger charge is -2.18. The van der Waals surface area contributed by atoms with E-state index in [4.69, 9.17) is 11.6 Å². The number of halogens is 2. The van der Waals surface area contributed by atoms with Gasteiger partial charge < -0.3 is 10.2 Å². The largest absolute Gasteiger partial charge is 0.348 e. The Balaban J connectivity index is 2.01. The molecule has 0 atom stereocenters. The molecular formula is C19H20ClFN2O2. The second kappa shape index (κ2) is 8.62. The van der Waals surface area contributed by atoms with Crippen molar-refractivity contribution < 1.29 is 14.0 Å². The van der Waals surface area contributed by atoms with Gasteiger partial charge in [0.1, 0.15) is 5.82 Å². The van der Waals surface area contributed by atoms with Crippen LogP contribution in [0.15, 0.2) is 42.5 Å². The number of hydrogen-bond donors (Lipinski definition) is 1. The number of nitrogens with zero attached hydrogens (tertiary/aromatic N) is 1. The van der Waals surface area contributed by atoms with E-state index < -0.39 is 11.7 Å². The Morgan fingerprint density at radius 1 is 1.08 bits per heavy atom. The van der Waals surface area contributed by atoms with Crippen LogP contribution in [0.25, 0.3) is 0 Å². The Hall–Kier alpha value is -2.40. The molecule has 0 aliphatic rings. The summed E-state index contributed by atoms with van der Waals surface area (Å²) in [4.78, 5) is 26.0. The molecule has 0 saturated heterocycles. The molecule has 4 nitrogen and oxygen atoms in total. The predicted octanol–water partition coefficient (Wildman–Crippen LogP) is 3.89. The Labute approximate surface area is 151 Å². The first-order valence-corrected chi connectivity index (χ1v) is 8.45. The number of hydrogen-bond acceptors (Lipinski definition) is 2. The molecule has 1 N–H and O–H groups in total. The zero-order chi connectivity index (χ0) is 18.4. The highest BCUT2D eigenvalue weighted by Gasteiger charge is 2.13. The Morgan fingerprint density at radius 2 is 1.72 bits per heavy atom. The van der Waals surface area contributed by atoms with Gasteiger partial charge in [0.25, 0.3) is 11.8 Å². The van der Waals surface area contributed by atoms with Gasteiger partial charge in [0.05, 0.1) is 5.56 Å². The SMILES string of the molecule is CCN(CC)C(=O)c1ccc(CNC(=O)c2cc(Cl)ccc2F)cc1. The van der Waals surface area contributed by atoms with Gasteiger partial charge in [0.2, 0.25) is 0 Å². The summed E-state index contributed by atoms with van der Waals surface area (Å²) in [7, 11) is 0. The van der Waals surface area contributed by atoms with Crippen LogP contribution in [-0.2, 0) is 6.54 Å². The molecule has 2 aromatic rings. The van der Waals surface area contributed by atoms with Gasteiger partial charge in [0.15, 0.2) is 0 Å². The van der Waals surface area contributed by atoms with Crippen molar-refractivity contribution in [3.8, 4) is 0 Å². The number of carbonyl (C=O) groups is 2. The third kappa shape index (κ3) is 4.79. The summed E-state index contributed by atoms with van der Waals surface area (Å²) in [5.74, 6) is -1.19. The second-order valence-corrected chi connectivity index (χ2v) is 5.92. The number of carbonyl (C=O) groups excluding carboxylic acids is 2. The van der Waals surface area contributed by atoms with E-state index in [2.05, 4.69) is 5.32 Å². The lowest BCUT2D eigenvalue weighted by Crippen LogP contribution is -2.30. The van der Waals surface area contributed by atoms with Gasteiger partial charge in [-0.2, -0.15) is 0 Å². The highest BCUT2D eigenvalue weighted by molar-refractivity contribution is 6.31. The van der Waals surface area contributed by atoms with Crippen molar-refractivity contribution in [1.29, 1.82) is 0 Å². The van der Waals surface area contributed by atoms with E-state index >= 15 is 0 Å². The first kappa shape index (κ1) is 18.9. The average Bonchev–Trinajstić information content (AvgIpc) is 2.63. The zero-order valence-corrected chi connectivity index (χ0v) is 14.9. The van der Waals surface area contributed by atoms with Crippen LogP contribution in [0.1, 0.15) is 40.1 Å². The minimum absolute atomic E-state index is 0.0263. The third-order valence-electron chi connectivity index (χ3n) is 3.88. The van der Waals surface area contributed by atoms with Gasteiger partial charge in [-0.15, -0.1) is 0 Å². The van der Waals surface area contributed by atoms with E-state index in [-0.39, 0.29) is 18.0 Å². The first-order valence-electron chi connectivity index (χ1n) is 8.07. The van der Waals surface area contributed by atoms with Crippen molar-refractivity contribution in [2.45, 2.75) is 20.4 Å². The minimum Gasteiger partial charge on any atom is -0.348 e. The summed E-state index contributed by atoms with van der Waals surface area (Å²) in [6, 6.07) is 10.8. The van der Waals surface area contributed by atoms with Gasteiger partial charge in [-0.1, -0.05) is 23.7 Å². The van der Waals surface area contributed by atoms with Crippen LogP contribution in [0.4, 0.5) is 4.39 Å². The molecule has 2 rings (SSSR count). The predicted molar refractivity (Wildman–Crippen MR) is 96.3 cm³/mol. The molecule has 0 bridgehead atoms. The Morgan fingerprint density at radius 3 is 2.32 bits per heavy atom. The van der Waals surface area contributed by atoms with Crippen LogP contribution in [0.3, 0.4) is 0 Å². The molecule has 0 radical (unpaired) electrons. The molecule has 0 unspecified atom stereocenters. The summed E-state index contributed by atoms with van der Waals surface area (Å²) in [6.07, 6.45) is 0. The number of nitrogens with one attached hydrogen (secondary N) is 1. The fraction of sp³-hybridized carbons (Fsp3) is 0.263. The normalized spacial score (nSPS) is 10.4. The molecule has 6 heteroatoms. The van der Waals surface area contributed by atoms with Crippen LogP contribution in [0, 0.1) is 5.82 Å². The van der Waals surface area contributed by atoms with Crippen LogP contribution in [0.5, 0.6) is 0 Å². The monoisotopic (exact) mass is 362 g/mol. The standard InChI is InChI=1S/C19H20ClFN2O2/c1-3-23(4-2)19(25)14-7-5-13(6-8-14)12-22-18(24)16-11-15(20)9-10-17(16)21/h5-11H,3-4,12H2,1-2H3,(H,22,24). The van der Waals surface area contributed by atoms with Crippen LogP contribution >= 0.6 is 11.6 Å². The van der Waals surface area contributed by atoms with Gasteiger partial charge in [-0.3, -0.25) is 9.59 Å². The van der Waals surface area contributed by atoms with E-state index in [0.717, 1.165) is 11.6 Å². The van der Waals surface area contributed by atoms with E-state index in [9.17, 15) is 14.0 Å². The molecular weight excluding hydrogens is 343 g/mol. The van der Waals surface area contributed by atoms with E-state index in [1.807, 2.05) is 13.8 Å². The van der Waals surface area contributed by atoms with Crippen LogP contribution in [-0.4, -0.2) is 29.8 Å². The highest BCUT2D eigenvalue weighted by Crippen LogP contribution is 2.15. The van der Waals surface area contributed by atoms with E-state index in [1.165, 1.54) is 12.1 Å². The van der Waals surface area contributed by atoms with Crippen molar-refractivity contribution in [2.75, 3.05) is 13.1 Å². The lowest BCUT2D eigenvalue weighted by molar-refractivity contribution is 0.0772. The number of benzene rings is 2. The maximum atomic E-state index is 13.7. The van der Waals surface area contributed by atoms with Crippen molar-refractivity contribution in [3.63, 3.8) is 0 Å². The van der Waals surface area contributed by atoms with Crippen molar-refractivity contribution in [1.82, 2.24) is 10.2 Å². The summed E-state index contributed by atoms with van der Waals surface area (Å²) < 4.78 is 13.7. The summed E-state index contributed by atoms with van der Waals surface area (Å²) >= 11 is 5.79. The Kier molecular flexibility index (Phi) is 6.53. The smallest absolute Gasteiger partial charge is 0.254 e. The van der Waals surface area contributed by atoms with Gasteiger partial charge in [-0.25, -0.2) is 4.39 Å². The summed E-state index contributed by atoms with van der Waals surface area (Å²) in [5.41, 5.74) is 1.31. The third-order valence-corrected chi connectivity index (χ3v) is 4.11. The fourth-order valence-corrected chi connectivity index (χ4v) is 2.58. The molecule has 2 amide bonds. The Bertz CT molecular complexity index is 759. The fourth-order valence-electron chi connectivity index (χ4n) is 2.41. The van der Waals surface area contributed by atoms with Crippen molar-refractivity contribution in [3.05, 3.63) is 70.0 Å². The maximum absolute atomic E-state index is 13.7. The molecule has 25 heavy (non-hydrogen) atoms. The molecule has 0 aliphatic heterocycles. The minimum atomic E-state index is -0.623. The van der Waals surface area contributed by atoms with Crippen molar-refractivity contribution >= 4 is 23.4 Å². The maximum Gasteiger partial charge on any atom is 0.254 e. The molecule has 132 valence electrons. The van der Waals surface area contributed by atoms with Crippen molar-refractivity contribution in [2.24, 2.45) is 0 Å². The quantitative estimate of drug-likeness (QED) is 0.847. The molecule has 0 saturated carbocycles. The zero-order valence-electron chi connectivity index (χ0n) is 14.2. The molecule has 0 aromatic heterocycles. The average molecular weight is 363 g/mol. The second-order valence-electron chi connectivity index (χ2n) is 5.48. The van der Waals surface area contributed by atoms with Gasteiger partial charge in [0, 0.05) is 30.2 Å². The molecule has 2 aromatic carbocycles. The molecule has 0 spiro atoms.